The van der Waals surface area contributed by atoms with Gasteiger partial charge in [-0.15, -0.1) is 0 Å². The molecule has 7 nitrogen and oxygen atoms in total. The van der Waals surface area contributed by atoms with Gasteiger partial charge >= 0.3 is 0 Å². The van der Waals surface area contributed by atoms with Gasteiger partial charge in [-0.2, -0.15) is 5.10 Å². The summed E-state index contributed by atoms with van der Waals surface area (Å²) in [6.07, 6.45) is 1.82. The first kappa shape index (κ1) is 21.4. The molecule has 7 heteroatoms. The van der Waals surface area contributed by atoms with Crippen LogP contribution in [-0.2, 0) is 11.3 Å². The standard InChI is InChI=1S/C23H29N5O2/c1-4-28(5-2)16-22(29)26-20-8-6-7-19(13-20)24-14-18-15-25-27-23(18)17-9-11-21(30-3)12-10-17/h6-13,15,24H,4-5,14,16H2,1-3H3,(H,25,27)(H,26,29). The second-order valence-electron chi connectivity index (χ2n) is 6.94. The number of nitrogens with one attached hydrogen (secondary N) is 3. The molecule has 0 atom stereocenters. The van der Waals surface area contributed by atoms with E-state index < -0.39 is 0 Å². The zero-order valence-electron chi connectivity index (χ0n) is 17.7. The molecule has 1 heterocycles. The van der Waals surface area contributed by atoms with E-state index >= 15 is 0 Å². The fourth-order valence-electron chi connectivity index (χ4n) is 3.21. The number of carbonyl (C=O) groups excluding carboxylic acids is 1. The minimum absolute atomic E-state index is 0.00697. The highest BCUT2D eigenvalue weighted by atomic mass is 16.5. The summed E-state index contributed by atoms with van der Waals surface area (Å²) in [7, 11) is 1.65. The van der Waals surface area contributed by atoms with Crippen LogP contribution in [0.15, 0.2) is 54.7 Å². The van der Waals surface area contributed by atoms with Crippen molar-refractivity contribution in [2.24, 2.45) is 0 Å². The largest absolute Gasteiger partial charge is 0.497 e. The second kappa shape index (κ2) is 10.5. The third-order valence-electron chi connectivity index (χ3n) is 4.99. The molecule has 3 aromatic rings. The number of nitrogens with zero attached hydrogens (tertiary/aromatic N) is 2. The van der Waals surface area contributed by atoms with Crippen LogP contribution in [0.2, 0.25) is 0 Å². The first-order valence-electron chi connectivity index (χ1n) is 10.2. The molecule has 0 spiro atoms. The number of aromatic nitrogens is 2. The number of benzene rings is 2. The van der Waals surface area contributed by atoms with Crippen LogP contribution in [-0.4, -0.2) is 47.7 Å². The molecular weight excluding hydrogens is 378 g/mol. The van der Waals surface area contributed by atoms with E-state index in [1.807, 2.05) is 54.7 Å². The van der Waals surface area contributed by atoms with Gasteiger partial charge < -0.3 is 15.4 Å². The van der Waals surface area contributed by atoms with Crippen LogP contribution in [0, 0.1) is 0 Å². The number of H-pyrrole nitrogens is 1. The minimum Gasteiger partial charge on any atom is -0.497 e. The van der Waals surface area contributed by atoms with Crippen LogP contribution in [0.1, 0.15) is 19.4 Å². The van der Waals surface area contributed by atoms with Crippen molar-refractivity contribution in [2.45, 2.75) is 20.4 Å². The van der Waals surface area contributed by atoms with Crippen molar-refractivity contribution in [3.8, 4) is 17.0 Å². The smallest absolute Gasteiger partial charge is 0.238 e. The van der Waals surface area contributed by atoms with Crippen molar-refractivity contribution in [1.82, 2.24) is 15.1 Å². The van der Waals surface area contributed by atoms with Gasteiger partial charge in [-0.05, 0) is 55.6 Å². The van der Waals surface area contributed by atoms with E-state index in [-0.39, 0.29) is 5.91 Å². The van der Waals surface area contributed by atoms with E-state index in [1.165, 1.54) is 0 Å². The molecule has 0 unspecified atom stereocenters. The van der Waals surface area contributed by atoms with E-state index in [9.17, 15) is 4.79 Å². The Hall–Kier alpha value is -3.32. The highest BCUT2D eigenvalue weighted by molar-refractivity contribution is 5.92. The molecule has 0 saturated heterocycles. The molecule has 0 aliphatic rings. The SMILES string of the molecule is CCN(CC)CC(=O)Nc1cccc(NCc2cn[nH]c2-c2ccc(OC)cc2)c1. The van der Waals surface area contributed by atoms with Crippen LogP contribution in [0.3, 0.4) is 0 Å². The monoisotopic (exact) mass is 407 g/mol. The van der Waals surface area contributed by atoms with Gasteiger partial charge in [-0.3, -0.25) is 14.8 Å². The van der Waals surface area contributed by atoms with Gasteiger partial charge in [-0.25, -0.2) is 0 Å². The van der Waals surface area contributed by atoms with Gasteiger partial charge in [0.2, 0.25) is 5.91 Å². The molecule has 30 heavy (non-hydrogen) atoms. The Kier molecular flexibility index (Phi) is 7.45. The van der Waals surface area contributed by atoms with E-state index in [1.54, 1.807) is 7.11 Å². The number of aromatic amines is 1. The summed E-state index contributed by atoms with van der Waals surface area (Å²) >= 11 is 0. The van der Waals surface area contributed by atoms with Crippen LogP contribution in [0.4, 0.5) is 11.4 Å². The Morgan fingerprint density at radius 3 is 2.53 bits per heavy atom. The lowest BCUT2D eigenvalue weighted by molar-refractivity contribution is -0.117. The summed E-state index contributed by atoms with van der Waals surface area (Å²) in [5.41, 5.74) is 4.77. The number of hydrogen-bond acceptors (Lipinski definition) is 5. The lowest BCUT2D eigenvalue weighted by Crippen LogP contribution is -2.32. The molecule has 0 aliphatic carbocycles. The topological polar surface area (TPSA) is 82.3 Å². The number of rotatable bonds is 10. The first-order chi connectivity index (χ1) is 14.6. The number of hydrogen-bond donors (Lipinski definition) is 3. The molecule has 0 radical (unpaired) electrons. The minimum atomic E-state index is -0.00697. The normalized spacial score (nSPS) is 10.8. The molecule has 158 valence electrons. The molecule has 0 fully saturated rings. The van der Waals surface area contributed by atoms with Crippen molar-refractivity contribution in [3.05, 3.63) is 60.3 Å². The molecule has 2 aromatic carbocycles. The van der Waals surface area contributed by atoms with E-state index in [0.29, 0.717) is 13.1 Å². The first-order valence-corrected chi connectivity index (χ1v) is 10.2. The van der Waals surface area contributed by atoms with Gasteiger partial charge in [0.15, 0.2) is 0 Å². The predicted molar refractivity (Wildman–Crippen MR) is 121 cm³/mol. The van der Waals surface area contributed by atoms with Crippen molar-refractivity contribution in [3.63, 3.8) is 0 Å². The van der Waals surface area contributed by atoms with Crippen molar-refractivity contribution in [2.75, 3.05) is 37.4 Å². The lowest BCUT2D eigenvalue weighted by Gasteiger charge is -2.17. The Labute approximate surface area is 177 Å². The maximum absolute atomic E-state index is 12.2. The van der Waals surface area contributed by atoms with Gasteiger partial charge in [0.05, 0.1) is 25.5 Å². The zero-order chi connectivity index (χ0) is 21.3. The number of carbonyl (C=O) groups is 1. The van der Waals surface area contributed by atoms with Gasteiger partial charge in [0, 0.05) is 29.0 Å². The van der Waals surface area contributed by atoms with E-state index in [0.717, 1.165) is 47.0 Å². The lowest BCUT2D eigenvalue weighted by atomic mass is 10.1. The summed E-state index contributed by atoms with van der Waals surface area (Å²) in [6.45, 7) is 6.81. The third-order valence-corrected chi connectivity index (χ3v) is 4.99. The number of amides is 1. The van der Waals surface area contributed by atoms with Crippen LogP contribution in [0.25, 0.3) is 11.3 Å². The number of likely N-dealkylation sites (N-methyl/N-ethyl adjacent to an activating group) is 1. The van der Waals surface area contributed by atoms with Crippen molar-refractivity contribution >= 4 is 17.3 Å². The number of methoxy groups -OCH3 is 1. The quantitative estimate of drug-likeness (QED) is 0.474. The number of anilines is 2. The van der Waals surface area contributed by atoms with Crippen LogP contribution < -0.4 is 15.4 Å². The second-order valence-corrected chi connectivity index (χ2v) is 6.94. The summed E-state index contributed by atoms with van der Waals surface area (Å²) in [4.78, 5) is 14.3. The molecule has 3 N–H and O–H groups in total. The molecular formula is C23H29N5O2. The fraction of sp³-hybridized carbons (Fsp3) is 0.304. The molecule has 1 aromatic heterocycles. The number of ether oxygens (including phenoxy) is 1. The van der Waals surface area contributed by atoms with Gasteiger partial charge in [0.1, 0.15) is 5.75 Å². The molecule has 3 rings (SSSR count). The van der Waals surface area contributed by atoms with Gasteiger partial charge in [0.25, 0.3) is 0 Å². The summed E-state index contributed by atoms with van der Waals surface area (Å²) in [6, 6.07) is 15.6. The van der Waals surface area contributed by atoms with Crippen molar-refractivity contribution < 1.29 is 9.53 Å². The molecule has 0 saturated carbocycles. The highest BCUT2D eigenvalue weighted by Gasteiger charge is 2.10. The molecule has 0 aliphatic heterocycles. The summed E-state index contributed by atoms with van der Waals surface area (Å²) < 4.78 is 5.22. The Morgan fingerprint density at radius 1 is 1.10 bits per heavy atom. The van der Waals surface area contributed by atoms with Crippen LogP contribution >= 0.6 is 0 Å². The Morgan fingerprint density at radius 2 is 1.83 bits per heavy atom. The molecule has 1 amide bonds. The molecule has 0 bridgehead atoms. The van der Waals surface area contributed by atoms with Gasteiger partial charge in [-0.1, -0.05) is 19.9 Å². The average Bonchev–Trinajstić information content (AvgIpc) is 3.25. The summed E-state index contributed by atoms with van der Waals surface area (Å²) in [5.74, 6) is 0.810. The predicted octanol–water partition coefficient (Wildman–Crippen LogP) is 3.98. The third kappa shape index (κ3) is 5.61. The Balaban J connectivity index is 1.62. The van der Waals surface area contributed by atoms with E-state index in [4.69, 9.17) is 4.74 Å². The Bertz CT molecular complexity index is 948. The maximum atomic E-state index is 12.2. The fourth-order valence-corrected chi connectivity index (χ4v) is 3.21. The van der Waals surface area contributed by atoms with Crippen molar-refractivity contribution in [1.29, 1.82) is 0 Å². The maximum Gasteiger partial charge on any atom is 0.238 e. The van der Waals surface area contributed by atoms with E-state index in [2.05, 4.69) is 39.6 Å². The van der Waals surface area contributed by atoms with Crippen LogP contribution in [0.5, 0.6) is 5.75 Å². The zero-order valence-corrected chi connectivity index (χ0v) is 17.7. The summed E-state index contributed by atoms with van der Waals surface area (Å²) in [5, 5.41) is 13.6. The highest BCUT2D eigenvalue weighted by Crippen LogP contribution is 2.24. The average molecular weight is 408 g/mol.